The summed E-state index contributed by atoms with van der Waals surface area (Å²) in [6.45, 7) is 1.97. The van der Waals surface area contributed by atoms with Gasteiger partial charge in [-0.3, -0.25) is 0 Å². The fourth-order valence-corrected chi connectivity index (χ4v) is 2.29. The third-order valence-electron chi connectivity index (χ3n) is 2.34. The first kappa shape index (κ1) is 12.8. The Labute approximate surface area is 101 Å². The molecule has 0 bridgehead atoms. The molecular weight excluding hydrogens is 231 g/mol. The molecule has 0 aliphatic rings. The molecule has 15 heavy (non-hydrogen) atoms. The number of rotatable bonds is 3. The topological polar surface area (TPSA) is 29.3 Å². The van der Waals surface area contributed by atoms with E-state index >= 15 is 0 Å². The lowest BCUT2D eigenvalue weighted by molar-refractivity contribution is 0.266. The molecule has 2 unspecified atom stereocenters. The number of benzene rings is 1. The lowest BCUT2D eigenvalue weighted by Gasteiger charge is -2.28. The molecule has 1 aromatic carbocycles. The Balaban J connectivity index is 3.12. The predicted octanol–water partition coefficient (Wildman–Crippen LogP) is 2.94. The summed E-state index contributed by atoms with van der Waals surface area (Å²) in [6, 6.07) is 5.63. The molecule has 0 saturated heterocycles. The summed E-state index contributed by atoms with van der Waals surface area (Å²) < 4.78 is 0. The minimum absolute atomic E-state index is 0.0127. The third-order valence-corrected chi connectivity index (χ3v) is 2.90. The molecule has 0 heterocycles. The van der Waals surface area contributed by atoms with Crippen LogP contribution in [0.3, 0.4) is 0 Å². The Morgan fingerprint density at radius 2 is 1.87 bits per heavy atom. The van der Waals surface area contributed by atoms with Gasteiger partial charge in [-0.05, 0) is 38.7 Å². The van der Waals surface area contributed by atoms with Gasteiger partial charge in [-0.2, -0.15) is 0 Å². The van der Waals surface area contributed by atoms with Gasteiger partial charge in [-0.25, -0.2) is 0 Å². The molecule has 1 aromatic rings. The van der Waals surface area contributed by atoms with E-state index in [1.54, 1.807) is 6.07 Å². The van der Waals surface area contributed by atoms with Gasteiger partial charge in [-0.15, -0.1) is 0 Å². The second kappa shape index (κ2) is 5.17. The number of hydrogen-bond acceptors (Lipinski definition) is 2. The summed E-state index contributed by atoms with van der Waals surface area (Å²) >= 11 is 12.0. The molecule has 0 aromatic heterocycles. The molecule has 2 atom stereocenters. The van der Waals surface area contributed by atoms with Crippen LogP contribution in [0, 0.1) is 0 Å². The molecule has 0 amide bonds. The Morgan fingerprint density at radius 1 is 1.27 bits per heavy atom. The molecule has 2 N–H and O–H groups in total. The highest BCUT2D eigenvalue weighted by atomic mass is 35.5. The van der Waals surface area contributed by atoms with E-state index in [0.717, 1.165) is 5.56 Å². The normalized spacial score (nSPS) is 15.4. The molecular formula is C11H16Cl2N2. The molecule has 2 nitrogen and oxygen atoms in total. The summed E-state index contributed by atoms with van der Waals surface area (Å²) in [5.74, 6) is 0. The molecule has 0 aliphatic heterocycles. The van der Waals surface area contributed by atoms with Crippen LogP contribution in [0.25, 0.3) is 0 Å². The van der Waals surface area contributed by atoms with Gasteiger partial charge >= 0.3 is 0 Å². The van der Waals surface area contributed by atoms with Crippen molar-refractivity contribution in [1.82, 2.24) is 4.90 Å². The number of nitrogens with two attached hydrogens (primary N) is 1. The fourth-order valence-electron chi connectivity index (χ4n) is 1.77. The number of halogens is 2. The second-order valence-electron chi connectivity index (χ2n) is 3.93. The minimum atomic E-state index is 0.0127. The average Bonchev–Trinajstić information content (AvgIpc) is 2.08. The zero-order valence-electron chi connectivity index (χ0n) is 9.17. The zero-order chi connectivity index (χ0) is 11.6. The van der Waals surface area contributed by atoms with Crippen molar-refractivity contribution < 1.29 is 0 Å². The van der Waals surface area contributed by atoms with E-state index in [-0.39, 0.29) is 12.1 Å². The maximum absolute atomic E-state index is 6.15. The lowest BCUT2D eigenvalue weighted by Crippen LogP contribution is -2.35. The SMILES string of the molecule is CC(N)C(c1ccc(Cl)cc1Cl)N(C)C. The van der Waals surface area contributed by atoms with Gasteiger partial charge in [0.1, 0.15) is 0 Å². The van der Waals surface area contributed by atoms with Crippen LogP contribution in [0.2, 0.25) is 10.0 Å². The van der Waals surface area contributed by atoms with Crippen molar-refractivity contribution in [1.29, 1.82) is 0 Å². The lowest BCUT2D eigenvalue weighted by atomic mass is 10.00. The van der Waals surface area contributed by atoms with Gasteiger partial charge in [0.2, 0.25) is 0 Å². The first-order chi connectivity index (χ1) is 6.93. The fraction of sp³-hybridized carbons (Fsp3) is 0.455. The van der Waals surface area contributed by atoms with Gasteiger partial charge < -0.3 is 10.6 Å². The number of hydrogen-bond donors (Lipinski definition) is 1. The highest BCUT2D eigenvalue weighted by Crippen LogP contribution is 2.30. The predicted molar refractivity (Wildman–Crippen MR) is 66.5 cm³/mol. The van der Waals surface area contributed by atoms with Gasteiger partial charge in [0.25, 0.3) is 0 Å². The van der Waals surface area contributed by atoms with Gasteiger partial charge in [0.15, 0.2) is 0 Å². The van der Waals surface area contributed by atoms with E-state index in [9.17, 15) is 0 Å². The van der Waals surface area contributed by atoms with E-state index in [0.29, 0.717) is 10.0 Å². The first-order valence-electron chi connectivity index (χ1n) is 4.80. The van der Waals surface area contributed by atoms with Gasteiger partial charge in [-0.1, -0.05) is 29.3 Å². The van der Waals surface area contributed by atoms with Crippen LogP contribution >= 0.6 is 23.2 Å². The van der Waals surface area contributed by atoms with E-state index in [2.05, 4.69) is 4.90 Å². The van der Waals surface area contributed by atoms with E-state index < -0.39 is 0 Å². The van der Waals surface area contributed by atoms with Crippen molar-refractivity contribution in [3.63, 3.8) is 0 Å². The Hall–Kier alpha value is -0.280. The summed E-state index contributed by atoms with van der Waals surface area (Å²) in [5, 5.41) is 1.31. The summed E-state index contributed by atoms with van der Waals surface area (Å²) in [4.78, 5) is 2.06. The van der Waals surface area contributed by atoms with Crippen LogP contribution in [-0.2, 0) is 0 Å². The average molecular weight is 247 g/mol. The Kier molecular flexibility index (Phi) is 4.41. The highest BCUT2D eigenvalue weighted by molar-refractivity contribution is 6.35. The van der Waals surface area contributed by atoms with Crippen LogP contribution in [-0.4, -0.2) is 25.0 Å². The van der Waals surface area contributed by atoms with Crippen molar-refractivity contribution in [3.8, 4) is 0 Å². The molecule has 1 rings (SSSR count). The maximum Gasteiger partial charge on any atom is 0.0505 e. The quantitative estimate of drug-likeness (QED) is 0.889. The van der Waals surface area contributed by atoms with Gasteiger partial charge in [0, 0.05) is 16.1 Å². The van der Waals surface area contributed by atoms with Crippen LogP contribution in [0.1, 0.15) is 18.5 Å². The van der Waals surface area contributed by atoms with Crippen molar-refractivity contribution >= 4 is 23.2 Å². The van der Waals surface area contributed by atoms with E-state index in [1.165, 1.54) is 0 Å². The van der Waals surface area contributed by atoms with Crippen LogP contribution in [0.4, 0.5) is 0 Å². The van der Waals surface area contributed by atoms with E-state index in [4.69, 9.17) is 28.9 Å². The van der Waals surface area contributed by atoms with Crippen molar-refractivity contribution in [3.05, 3.63) is 33.8 Å². The zero-order valence-corrected chi connectivity index (χ0v) is 10.7. The van der Waals surface area contributed by atoms with Crippen molar-refractivity contribution in [2.45, 2.75) is 19.0 Å². The molecule has 0 saturated carbocycles. The molecule has 84 valence electrons. The molecule has 0 fully saturated rings. The summed E-state index contributed by atoms with van der Waals surface area (Å²) in [5.41, 5.74) is 6.96. The standard InChI is InChI=1S/C11H16Cl2N2/c1-7(14)11(15(2)3)9-5-4-8(12)6-10(9)13/h4-7,11H,14H2,1-3H3. The molecule has 0 aliphatic carbocycles. The monoisotopic (exact) mass is 246 g/mol. The summed E-state index contributed by atoms with van der Waals surface area (Å²) in [7, 11) is 3.97. The maximum atomic E-state index is 6.15. The molecule has 4 heteroatoms. The second-order valence-corrected chi connectivity index (χ2v) is 4.78. The van der Waals surface area contributed by atoms with Crippen LogP contribution < -0.4 is 5.73 Å². The Bertz CT molecular complexity index is 329. The van der Waals surface area contributed by atoms with Crippen molar-refractivity contribution in [2.24, 2.45) is 5.73 Å². The van der Waals surface area contributed by atoms with Crippen LogP contribution in [0.5, 0.6) is 0 Å². The van der Waals surface area contributed by atoms with Crippen molar-refractivity contribution in [2.75, 3.05) is 14.1 Å². The molecule has 0 radical (unpaired) electrons. The molecule has 0 spiro atoms. The highest BCUT2D eigenvalue weighted by Gasteiger charge is 2.20. The first-order valence-corrected chi connectivity index (χ1v) is 5.56. The number of nitrogens with zero attached hydrogens (tertiary/aromatic N) is 1. The minimum Gasteiger partial charge on any atom is -0.326 e. The Morgan fingerprint density at radius 3 is 2.27 bits per heavy atom. The van der Waals surface area contributed by atoms with E-state index in [1.807, 2.05) is 33.2 Å². The largest absolute Gasteiger partial charge is 0.326 e. The smallest absolute Gasteiger partial charge is 0.0505 e. The summed E-state index contributed by atoms with van der Waals surface area (Å²) in [6.07, 6.45) is 0. The third kappa shape index (κ3) is 3.08. The van der Waals surface area contributed by atoms with Gasteiger partial charge in [0.05, 0.1) is 6.04 Å². The number of likely N-dealkylation sites (N-methyl/N-ethyl adjacent to an activating group) is 1. The van der Waals surface area contributed by atoms with Crippen LogP contribution in [0.15, 0.2) is 18.2 Å².